The molecule has 0 saturated carbocycles. The van der Waals surface area contributed by atoms with Crippen molar-refractivity contribution in [1.82, 2.24) is 34.4 Å². The highest BCUT2D eigenvalue weighted by molar-refractivity contribution is 6.03. The number of amides is 1. The number of piperidine rings is 1. The monoisotopic (exact) mass is 444 g/mol. The molecule has 0 spiro atoms. The Kier molecular flexibility index (Phi) is 5.63. The van der Waals surface area contributed by atoms with Crippen LogP contribution in [0.3, 0.4) is 0 Å². The number of anilines is 1. The minimum Gasteiger partial charge on any atom is -0.306 e. The van der Waals surface area contributed by atoms with Gasteiger partial charge in [0.15, 0.2) is 0 Å². The Labute approximate surface area is 192 Å². The zero-order valence-corrected chi connectivity index (χ0v) is 19.1. The first-order chi connectivity index (χ1) is 16.0. The average Bonchev–Trinajstić information content (AvgIpc) is 3.50. The van der Waals surface area contributed by atoms with E-state index in [0.29, 0.717) is 11.6 Å². The molecule has 0 atom stereocenters. The van der Waals surface area contributed by atoms with E-state index >= 15 is 0 Å². The summed E-state index contributed by atoms with van der Waals surface area (Å²) in [6.45, 7) is 6.21. The van der Waals surface area contributed by atoms with Gasteiger partial charge in [0.1, 0.15) is 0 Å². The van der Waals surface area contributed by atoms with Crippen LogP contribution in [0, 0.1) is 0 Å². The molecule has 1 N–H and O–H groups in total. The van der Waals surface area contributed by atoms with Crippen molar-refractivity contribution in [2.75, 3.05) is 25.5 Å². The summed E-state index contributed by atoms with van der Waals surface area (Å²) in [6.07, 6.45) is 11.3. The van der Waals surface area contributed by atoms with Crippen LogP contribution in [0.4, 0.5) is 5.95 Å². The predicted octanol–water partition coefficient (Wildman–Crippen LogP) is 3.79. The molecule has 33 heavy (non-hydrogen) atoms. The van der Waals surface area contributed by atoms with Crippen LogP contribution >= 0.6 is 0 Å². The number of hydrogen-bond acceptors (Lipinski definition) is 6. The maximum absolute atomic E-state index is 12.6. The van der Waals surface area contributed by atoms with E-state index < -0.39 is 0 Å². The van der Waals surface area contributed by atoms with Crippen molar-refractivity contribution in [3.8, 4) is 11.1 Å². The van der Waals surface area contributed by atoms with Gasteiger partial charge < -0.3 is 4.90 Å². The number of nitrogens with zero attached hydrogens (tertiary/aromatic N) is 7. The molecule has 9 heteroatoms. The van der Waals surface area contributed by atoms with E-state index in [4.69, 9.17) is 0 Å². The lowest BCUT2D eigenvalue weighted by molar-refractivity contribution is 0.102. The molecule has 1 aliphatic heterocycles. The Morgan fingerprint density at radius 1 is 1.06 bits per heavy atom. The molecule has 0 bridgehead atoms. The number of fused-ring (bicyclic) bond motifs is 1. The largest absolute Gasteiger partial charge is 0.306 e. The molecular formula is C24H28N8O. The van der Waals surface area contributed by atoms with E-state index in [-0.39, 0.29) is 17.9 Å². The van der Waals surface area contributed by atoms with E-state index in [1.54, 1.807) is 23.3 Å². The van der Waals surface area contributed by atoms with Gasteiger partial charge in [0.05, 0.1) is 29.5 Å². The van der Waals surface area contributed by atoms with Crippen molar-refractivity contribution in [3.63, 3.8) is 0 Å². The fraction of sp³-hybridized carbons (Fsp3) is 0.375. The van der Waals surface area contributed by atoms with Crippen molar-refractivity contribution < 1.29 is 4.79 Å². The Hall–Kier alpha value is -3.59. The van der Waals surface area contributed by atoms with E-state index in [2.05, 4.69) is 54.4 Å². The molecule has 3 aromatic heterocycles. The minimum atomic E-state index is -0.281. The SMILES string of the molecule is CC(C)n1cc(C(=O)Nc2ncc3ccc(-c4cnn(C5CCN(C)CC5)c4)cc3n2)cn1. The van der Waals surface area contributed by atoms with Crippen LogP contribution in [0.5, 0.6) is 0 Å². The second-order valence-electron chi connectivity index (χ2n) is 8.97. The molecule has 0 aliphatic carbocycles. The van der Waals surface area contributed by atoms with Crippen molar-refractivity contribution in [2.45, 2.75) is 38.8 Å². The summed E-state index contributed by atoms with van der Waals surface area (Å²) in [4.78, 5) is 23.8. The first-order valence-electron chi connectivity index (χ1n) is 11.3. The summed E-state index contributed by atoms with van der Waals surface area (Å²) >= 11 is 0. The van der Waals surface area contributed by atoms with Crippen molar-refractivity contribution >= 4 is 22.8 Å². The van der Waals surface area contributed by atoms with Gasteiger partial charge in [0.25, 0.3) is 5.91 Å². The maximum atomic E-state index is 12.6. The number of likely N-dealkylation sites (tertiary alicyclic amines) is 1. The van der Waals surface area contributed by atoms with Crippen LogP contribution < -0.4 is 5.32 Å². The van der Waals surface area contributed by atoms with Gasteiger partial charge in [0, 0.05) is 35.6 Å². The van der Waals surface area contributed by atoms with Gasteiger partial charge in [0.2, 0.25) is 5.95 Å². The second-order valence-corrected chi connectivity index (χ2v) is 8.97. The molecule has 0 unspecified atom stereocenters. The standard InChI is InChI=1S/C24H28N8O/c1-16(2)31-15-20(13-26-31)23(33)29-24-25-11-18-5-4-17(10-22(18)28-24)19-12-27-32(14-19)21-6-8-30(3)9-7-21/h4-5,10-16,21H,6-9H2,1-3H3,(H,25,28,29,33). The molecule has 170 valence electrons. The summed E-state index contributed by atoms with van der Waals surface area (Å²) in [6, 6.07) is 6.69. The molecule has 1 amide bonds. The molecule has 0 radical (unpaired) electrons. The molecule has 9 nitrogen and oxygen atoms in total. The molecule has 1 saturated heterocycles. The molecule has 1 aliphatic rings. The number of nitrogens with one attached hydrogen (secondary N) is 1. The summed E-state index contributed by atoms with van der Waals surface area (Å²) in [7, 11) is 2.16. The fourth-order valence-electron chi connectivity index (χ4n) is 4.12. The van der Waals surface area contributed by atoms with Gasteiger partial charge in [-0.15, -0.1) is 0 Å². The molecule has 5 rings (SSSR count). The Morgan fingerprint density at radius 3 is 2.64 bits per heavy atom. The van der Waals surface area contributed by atoms with Crippen LogP contribution in [0.1, 0.15) is 49.1 Å². The van der Waals surface area contributed by atoms with E-state index in [9.17, 15) is 4.79 Å². The van der Waals surface area contributed by atoms with E-state index in [1.165, 1.54) is 0 Å². The molecule has 4 heterocycles. The Balaban J connectivity index is 1.35. The van der Waals surface area contributed by atoms with Gasteiger partial charge in [-0.3, -0.25) is 19.5 Å². The van der Waals surface area contributed by atoms with Gasteiger partial charge in [-0.25, -0.2) is 9.97 Å². The number of rotatable bonds is 5. The zero-order valence-electron chi connectivity index (χ0n) is 19.1. The highest BCUT2D eigenvalue weighted by Gasteiger charge is 2.19. The molecule has 4 aromatic rings. The number of carbonyl (C=O) groups excluding carboxylic acids is 1. The molecular weight excluding hydrogens is 416 g/mol. The lowest BCUT2D eigenvalue weighted by Crippen LogP contribution is -2.31. The van der Waals surface area contributed by atoms with Gasteiger partial charge in [-0.1, -0.05) is 12.1 Å². The Morgan fingerprint density at radius 2 is 1.88 bits per heavy atom. The zero-order chi connectivity index (χ0) is 22.9. The number of benzene rings is 1. The van der Waals surface area contributed by atoms with Crippen LogP contribution in [-0.2, 0) is 0 Å². The first kappa shape index (κ1) is 21.3. The second kappa shape index (κ2) is 8.74. The topological polar surface area (TPSA) is 93.8 Å². The van der Waals surface area contributed by atoms with Crippen molar-refractivity contribution in [1.29, 1.82) is 0 Å². The maximum Gasteiger partial charge on any atom is 0.261 e. The van der Waals surface area contributed by atoms with Crippen LogP contribution in [0.15, 0.2) is 49.2 Å². The number of carbonyl (C=O) groups is 1. The third-order valence-corrected chi connectivity index (χ3v) is 6.20. The van der Waals surface area contributed by atoms with E-state index in [1.807, 2.05) is 32.2 Å². The average molecular weight is 445 g/mol. The molecule has 1 aromatic carbocycles. The van der Waals surface area contributed by atoms with Gasteiger partial charge in [-0.05, 0) is 58.5 Å². The summed E-state index contributed by atoms with van der Waals surface area (Å²) in [5.41, 5.74) is 3.34. The lowest BCUT2D eigenvalue weighted by atomic mass is 10.1. The lowest BCUT2D eigenvalue weighted by Gasteiger charge is -2.28. The third kappa shape index (κ3) is 4.49. The highest BCUT2D eigenvalue weighted by Crippen LogP contribution is 2.27. The summed E-state index contributed by atoms with van der Waals surface area (Å²) in [5.74, 6) is -0.0132. The fourth-order valence-corrected chi connectivity index (χ4v) is 4.12. The smallest absolute Gasteiger partial charge is 0.261 e. The predicted molar refractivity (Wildman–Crippen MR) is 127 cm³/mol. The quantitative estimate of drug-likeness (QED) is 0.503. The third-order valence-electron chi connectivity index (χ3n) is 6.20. The summed E-state index contributed by atoms with van der Waals surface area (Å²) in [5, 5.41) is 12.5. The van der Waals surface area contributed by atoms with Gasteiger partial charge in [-0.2, -0.15) is 10.2 Å². The minimum absolute atomic E-state index is 0.186. The number of hydrogen-bond donors (Lipinski definition) is 1. The van der Waals surface area contributed by atoms with Crippen LogP contribution in [0.2, 0.25) is 0 Å². The van der Waals surface area contributed by atoms with Gasteiger partial charge >= 0.3 is 0 Å². The normalized spacial score (nSPS) is 15.4. The first-order valence-corrected chi connectivity index (χ1v) is 11.3. The van der Waals surface area contributed by atoms with Crippen LogP contribution in [-0.4, -0.2) is 60.5 Å². The molecule has 1 fully saturated rings. The number of aromatic nitrogens is 6. The highest BCUT2D eigenvalue weighted by atomic mass is 16.1. The Bertz CT molecular complexity index is 1280. The van der Waals surface area contributed by atoms with Crippen molar-refractivity contribution in [2.24, 2.45) is 0 Å². The summed E-state index contributed by atoms with van der Waals surface area (Å²) < 4.78 is 3.84. The van der Waals surface area contributed by atoms with E-state index in [0.717, 1.165) is 48.0 Å². The van der Waals surface area contributed by atoms with Crippen molar-refractivity contribution in [3.05, 3.63) is 54.7 Å². The van der Waals surface area contributed by atoms with Crippen LogP contribution in [0.25, 0.3) is 22.0 Å².